The van der Waals surface area contributed by atoms with Crippen LogP contribution in [0.15, 0.2) is 0 Å². The fraction of sp³-hybridized carbons (Fsp3) is 1.00. The summed E-state index contributed by atoms with van der Waals surface area (Å²) in [5.74, 6) is 0. The van der Waals surface area contributed by atoms with Gasteiger partial charge in [0.15, 0.2) is 0 Å². The predicted molar refractivity (Wildman–Crippen MR) is 106 cm³/mol. The molecule has 0 aromatic carbocycles. The predicted octanol–water partition coefficient (Wildman–Crippen LogP) is -1.16. The second kappa shape index (κ2) is 9.21. The highest BCUT2D eigenvalue weighted by molar-refractivity contribution is 7.87. The minimum absolute atomic E-state index is 0.201. The van der Waals surface area contributed by atoms with Crippen molar-refractivity contribution >= 4 is 20.4 Å². The normalized spacial score (nSPS) is 26.6. The average molecular weight is 440 g/mol. The Kier molecular flexibility index (Phi) is 7.35. The van der Waals surface area contributed by atoms with E-state index in [1.807, 2.05) is 0 Å². The molecule has 3 aliphatic heterocycles. The highest BCUT2D eigenvalue weighted by Crippen LogP contribution is 2.24. The molecule has 3 fully saturated rings. The molecule has 164 valence electrons. The van der Waals surface area contributed by atoms with Crippen LogP contribution in [0.2, 0.25) is 0 Å². The molecule has 3 saturated heterocycles. The Labute approximate surface area is 169 Å². The fourth-order valence-corrected chi connectivity index (χ4v) is 6.95. The van der Waals surface area contributed by atoms with E-state index in [1.54, 1.807) is 0 Å². The minimum Gasteiger partial charge on any atom is -0.379 e. The summed E-state index contributed by atoms with van der Waals surface area (Å²) in [6.07, 6.45) is 2.81. The molecule has 0 aromatic rings. The van der Waals surface area contributed by atoms with E-state index in [1.165, 1.54) is 31.3 Å². The zero-order valence-electron chi connectivity index (χ0n) is 16.9. The number of nitrogens with zero attached hydrogens (tertiary/aromatic N) is 5. The molecule has 28 heavy (non-hydrogen) atoms. The van der Waals surface area contributed by atoms with Gasteiger partial charge < -0.3 is 9.64 Å². The first kappa shape index (κ1) is 22.3. The Bertz CT molecular complexity index is 718. The molecule has 12 heteroatoms. The molecule has 3 heterocycles. The third-order valence-corrected chi connectivity index (χ3v) is 9.75. The largest absolute Gasteiger partial charge is 0.379 e. The minimum atomic E-state index is -3.62. The van der Waals surface area contributed by atoms with Crippen LogP contribution in [0.3, 0.4) is 0 Å². The van der Waals surface area contributed by atoms with E-state index in [9.17, 15) is 16.8 Å². The summed E-state index contributed by atoms with van der Waals surface area (Å²) in [7, 11) is -4.16. The highest BCUT2D eigenvalue weighted by atomic mass is 32.2. The lowest BCUT2D eigenvalue weighted by molar-refractivity contribution is 0.0705. The molecule has 0 bridgehead atoms. The Morgan fingerprint density at radius 3 is 2.18 bits per heavy atom. The van der Waals surface area contributed by atoms with Gasteiger partial charge in [-0.2, -0.15) is 34.1 Å². The van der Waals surface area contributed by atoms with Gasteiger partial charge in [0.1, 0.15) is 0 Å². The Morgan fingerprint density at radius 1 is 0.929 bits per heavy atom. The zero-order valence-corrected chi connectivity index (χ0v) is 18.5. The van der Waals surface area contributed by atoms with Crippen molar-refractivity contribution in [2.75, 3.05) is 79.7 Å². The molecule has 0 N–H and O–H groups in total. The van der Waals surface area contributed by atoms with Crippen molar-refractivity contribution in [2.45, 2.75) is 25.3 Å². The molecule has 0 saturated carbocycles. The van der Waals surface area contributed by atoms with E-state index >= 15 is 0 Å². The number of morpholine rings is 1. The Hall–Kier alpha value is -0.340. The van der Waals surface area contributed by atoms with Crippen molar-refractivity contribution in [2.24, 2.45) is 0 Å². The van der Waals surface area contributed by atoms with Gasteiger partial charge in [0.05, 0.1) is 13.2 Å². The molecule has 0 aromatic heterocycles. The van der Waals surface area contributed by atoms with Gasteiger partial charge in [-0.15, -0.1) is 0 Å². The van der Waals surface area contributed by atoms with Crippen LogP contribution >= 0.6 is 0 Å². The average Bonchev–Trinajstić information content (AvgIpc) is 3.35. The van der Waals surface area contributed by atoms with Crippen LogP contribution in [0.1, 0.15) is 19.3 Å². The first-order valence-electron chi connectivity index (χ1n) is 9.97. The molecule has 1 atom stereocenters. The monoisotopic (exact) mass is 439 g/mol. The van der Waals surface area contributed by atoms with E-state index in [2.05, 4.69) is 4.90 Å². The van der Waals surface area contributed by atoms with E-state index in [0.29, 0.717) is 52.4 Å². The van der Waals surface area contributed by atoms with Crippen LogP contribution in [-0.2, 0) is 25.2 Å². The van der Waals surface area contributed by atoms with Gasteiger partial charge in [0.2, 0.25) is 0 Å². The maximum Gasteiger partial charge on any atom is 0.282 e. The molecular formula is C16H33N5O5S2. The van der Waals surface area contributed by atoms with Crippen molar-refractivity contribution in [1.29, 1.82) is 0 Å². The van der Waals surface area contributed by atoms with E-state index in [4.69, 9.17) is 4.74 Å². The maximum atomic E-state index is 12.9. The summed E-state index contributed by atoms with van der Waals surface area (Å²) >= 11 is 0. The molecule has 10 nitrogen and oxygen atoms in total. The highest BCUT2D eigenvalue weighted by Gasteiger charge is 2.41. The lowest BCUT2D eigenvalue weighted by Crippen LogP contribution is -2.51. The third-order valence-electron chi connectivity index (χ3n) is 5.75. The second-order valence-electron chi connectivity index (χ2n) is 7.77. The number of hydrogen-bond donors (Lipinski definition) is 0. The lowest BCUT2D eigenvalue weighted by Gasteiger charge is -2.33. The van der Waals surface area contributed by atoms with Gasteiger partial charge in [-0.3, -0.25) is 0 Å². The molecule has 0 aliphatic carbocycles. The molecule has 1 unspecified atom stereocenters. The fourth-order valence-electron chi connectivity index (χ4n) is 4.04. The van der Waals surface area contributed by atoms with Gasteiger partial charge in [0, 0.05) is 59.4 Å². The zero-order chi connectivity index (χ0) is 20.4. The lowest BCUT2D eigenvalue weighted by atomic mass is 10.2. The summed E-state index contributed by atoms with van der Waals surface area (Å²) in [5, 5.41) is 0. The molecular weight excluding hydrogens is 406 g/mol. The summed E-state index contributed by atoms with van der Waals surface area (Å²) < 4.78 is 62.5. The first-order valence-corrected chi connectivity index (χ1v) is 12.8. The van der Waals surface area contributed by atoms with Crippen LogP contribution in [0.4, 0.5) is 0 Å². The van der Waals surface area contributed by atoms with Crippen molar-refractivity contribution in [1.82, 2.24) is 22.1 Å². The van der Waals surface area contributed by atoms with Crippen molar-refractivity contribution in [3.8, 4) is 0 Å². The van der Waals surface area contributed by atoms with Gasteiger partial charge in [-0.25, -0.2) is 0 Å². The third kappa shape index (κ3) is 4.86. The molecule has 0 radical (unpaired) electrons. The number of hydrogen-bond acceptors (Lipinski definition) is 6. The summed E-state index contributed by atoms with van der Waals surface area (Å²) in [4.78, 5) is 2.27. The Balaban J connectivity index is 1.70. The quantitative estimate of drug-likeness (QED) is 0.474. The number of ether oxygens (including phenoxy) is 1. The number of rotatable bonds is 8. The summed E-state index contributed by atoms with van der Waals surface area (Å²) in [6.45, 7) is 5.09. The van der Waals surface area contributed by atoms with Gasteiger partial charge in [-0.1, -0.05) is 0 Å². The van der Waals surface area contributed by atoms with E-state index < -0.39 is 20.4 Å². The molecule has 3 aliphatic rings. The van der Waals surface area contributed by atoms with Crippen molar-refractivity contribution in [3.05, 3.63) is 0 Å². The van der Waals surface area contributed by atoms with E-state index in [0.717, 1.165) is 25.9 Å². The number of likely N-dealkylation sites (tertiary alicyclic amines) is 1. The topological polar surface area (TPSA) is 93.7 Å². The van der Waals surface area contributed by atoms with Crippen LogP contribution < -0.4 is 0 Å². The SMILES string of the molecule is CN(C)S(=O)(=O)N(CCN1CCCC1)C1CCN(S(=O)(=O)N2CCOCC2)C1. The second-order valence-corrected chi connectivity index (χ2v) is 11.8. The smallest absolute Gasteiger partial charge is 0.282 e. The van der Waals surface area contributed by atoms with Crippen LogP contribution in [0.25, 0.3) is 0 Å². The summed E-state index contributed by atoms with van der Waals surface area (Å²) in [6, 6.07) is -0.342. The summed E-state index contributed by atoms with van der Waals surface area (Å²) in [5.41, 5.74) is 0. The molecule has 3 rings (SSSR count). The Morgan fingerprint density at radius 2 is 1.57 bits per heavy atom. The maximum absolute atomic E-state index is 12.9. The van der Waals surface area contributed by atoms with Crippen LogP contribution in [0, 0.1) is 0 Å². The van der Waals surface area contributed by atoms with Crippen LogP contribution in [0.5, 0.6) is 0 Å². The van der Waals surface area contributed by atoms with Crippen molar-refractivity contribution < 1.29 is 21.6 Å². The molecule has 0 spiro atoms. The van der Waals surface area contributed by atoms with Crippen molar-refractivity contribution in [3.63, 3.8) is 0 Å². The van der Waals surface area contributed by atoms with E-state index in [-0.39, 0.29) is 12.6 Å². The van der Waals surface area contributed by atoms with Crippen LogP contribution in [-0.4, -0.2) is 125 Å². The first-order chi connectivity index (χ1) is 13.2. The molecule has 0 amide bonds. The standard InChI is InChI=1S/C16H33N5O5S2/c1-17(2)27(22,23)21(10-9-18-6-3-4-7-18)16-5-8-20(15-16)28(24,25)19-11-13-26-14-12-19/h16H,3-15H2,1-2H3. The van der Waals surface area contributed by atoms with Gasteiger partial charge in [-0.05, 0) is 32.4 Å². The van der Waals surface area contributed by atoms with Gasteiger partial charge in [0.25, 0.3) is 20.4 Å². The van der Waals surface area contributed by atoms with Gasteiger partial charge >= 0.3 is 0 Å².